The van der Waals surface area contributed by atoms with Crippen LogP contribution < -0.4 is 4.74 Å². The van der Waals surface area contributed by atoms with Crippen molar-refractivity contribution in [2.24, 2.45) is 0 Å². The zero-order valence-electron chi connectivity index (χ0n) is 16.6. The topological polar surface area (TPSA) is 76.8 Å². The summed E-state index contributed by atoms with van der Waals surface area (Å²) in [5.74, 6) is 1.99. The molecule has 1 N–H and O–H groups in total. The van der Waals surface area contributed by atoms with Gasteiger partial charge in [0.05, 0.1) is 23.7 Å². The zero-order chi connectivity index (χ0) is 22.3. The molecule has 0 aliphatic heterocycles. The molecule has 5 rings (SSSR count). The lowest BCUT2D eigenvalue weighted by atomic mass is 10.1. The third-order valence-electron chi connectivity index (χ3n) is 4.99. The van der Waals surface area contributed by atoms with Crippen LogP contribution in [-0.2, 0) is 6.18 Å². The van der Waals surface area contributed by atoms with Crippen molar-refractivity contribution >= 4 is 11.0 Å². The van der Waals surface area contributed by atoms with Crippen molar-refractivity contribution in [1.29, 1.82) is 0 Å². The molecule has 5 aromatic rings. The normalized spacial score (nSPS) is 11.8. The molecule has 6 nitrogen and oxygen atoms in total. The minimum absolute atomic E-state index is 0.321. The van der Waals surface area contributed by atoms with Crippen molar-refractivity contribution in [3.8, 4) is 40.0 Å². The number of ether oxygens (including phenoxy) is 1. The van der Waals surface area contributed by atoms with Crippen molar-refractivity contribution < 1.29 is 22.4 Å². The quantitative estimate of drug-likeness (QED) is 0.375. The van der Waals surface area contributed by atoms with Gasteiger partial charge in [0.2, 0.25) is 5.82 Å². The van der Waals surface area contributed by atoms with Crippen molar-refractivity contribution in [2.75, 3.05) is 7.11 Å². The zero-order valence-corrected chi connectivity index (χ0v) is 16.6. The number of nitrogens with zero attached hydrogens (tertiary/aromatic N) is 3. The summed E-state index contributed by atoms with van der Waals surface area (Å²) in [6.45, 7) is 0. The highest BCUT2D eigenvalue weighted by Gasteiger charge is 2.30. The lowest BCUT2D eigenvalue weighted by Crippen LogP contribution is -2.04. The molecule has 32 heavy (non-hydrogen) atoms. The van der Waals surface area contributed by atoms with Gasteiger partial charge in [-0.3, -0.25) is 0 Å². The van der Waals surface area contributed by atoms with Gasteiger partial charge in [-0.05, 0) is 42.5 Å². The first kappa shape index (κ1) is 19.8. The average Bonchev–Trinajstić information content (AvgIpc) is 3.46. The highest BCUT2D eigenvalue weighted by Crippen LogP contribution is 2.32. The van der Waals surface area contributed by atoms with Gasteiger partial charge in [0, 0.05) is 16.7 Å². The van der Waals surface area contributed by atoms with Crippen molar-refractivity contribution in [2.45, 2.75) is 6.18 Å². The number of benzene rings is 3. The van der Waals surface area contributed by atoms with E-state index in [1.807, 2.05) is 12.1 Å². The van der Waals surface area contributed by atoms with Crippen LogP contribution in [0.5, 0.6) is 5.75 Å². The molecule has 0 unspecified atom stereocenters. The number of imidazole rings is 1. The third-order valence-corrected chi connectivity index (χ3v) is 4.99. The van der Waals surface area contributed by atoms with Crippen LogP contribution in [0.25, 0.3) is 45.3 Å². The number of aromatic amines is 1. The summed E-state index contributed by atoms with van der Waals surface area (Å²) >= 11 is 0. The van der Waals surface area contributed by atoms with Gasteiger partial charge in [-0.2, -0.15) is 18.2 Å². The van der Waals surface area contributed by atoms with Crippen LogP contribution in [0, 0.1) is 0 Å². The number of halogens is 3. The van der Waals surface area contributed by atoms with Gasteiger partial charge in [0.1, 0.15) is 11.6 Å². The Labute approximate surface area is 179 Å². The number of aromatic nitrogens is 4. The number of nitrogens with one attached hydrogen (secondary N) is 1. The van der Waals surface area contributed by atoms with E-state index in [9.17, 15) is 13.2 Å². The molecule has 2 heterocycles. The van der Waals surface area contributed by atoms with E-state index in [4.69, 9.17) is 9.26 Å². The number of methoxy groups -OCH3 is 1. The Kier molecular flexibility index (Phi) is 4.66. The molecule has 0 saturated carbocycles. The number of hydrogen-bond donors (Lipinski definition) is 1. The van der Waals surface area contributed by atoms with Gasteiger partial charge in [0.15, 0.2) is 0 Å². The number of alkyl halides is 3. The highest BCUT2D eigenvalue weighted by molar-refractivity contribution is 5.80. The highest BCUT2D eigenvalue weighted by atomic mass is 19.4. The standard InChI is InChI=1S/C23H15F3N4O2/c1-31-17-9-6-15(7-10-17)22-29-21(30-32-22)14-4-2-13(3-5-14)20-27-18-11-8-16(23(24,25)26)12-19(18)28-20/h2-12H,1H3,(H,27,28). The first-order valence-electron chi connectivity index (χ1n) is 9.56. The number of rotatable bonds is 4. The number of fused-ring (bicyclic) bond motifs is 1. The molecule has 0 bridgehead atoms. The largest absolute Gasteiger partial charge is 0.497 e. The van der Waals surface area contributed by atoms with Crippen molar-refractivity contribution in [3.63, 3.8) is 0 Å². The van der Waals surface area contributed by atoms with E-state index in [1.54, 1.807) is 43.5 Å². The van der Waals surface area contributed by atoms with Crippen molar-refractivity contribution in [3.05, 3.63) is 72.3 Å². The van der Waals surface area contributed by atoms with E-state index >= 15 is 0 Å². The van der Waals surface area contributed by atoms with Crippen LogP contribution in [0.3, 0.4) is 0 Å². The molecule has 0 fully saturated rings. The minimum atomic E-state index is -4.41. The third kappa shape index (κ3) is 3.68. The molecule has 3 aromatic carbocycles. The fourth-order valence-electron chi connectivity index (χ4n) is 3.29. The molecule has 0 aliphatic rings. The molecule has 160 valence electrons. The number of hydrogen-bond acceptors (Lipinski definition) is 5. The summed E-state index contributed by atoms with van der Waals surface area (Å²) in [5.41, 5.74) is 2.27. The van der Waals surface area contributed by atoms with Gasteiger partial charge in [0.25, 0.3) is 5.89 Å². The molecule has 0 aliphatic carbocycles. The molecule has 0 saturated heterocycles. The Bertz CT molecular complexity index is 1390. The lowest BCUT2D eigenvalue weighted by molar-refractivity contribution is -0.137. The predicted octanol–water partition coefficient (Wildman–Crippen LogP) is 5.97. The summed E-state index contributed by atoms with van der Waals surface area (Å²) in [7, 11) is 1.59. The van der Waals surface area contributed by atoms with Crippen LogP contribution in [0.4, 0.5) is 13.2 Å². The molecule has 0 amide bonds. The molecular weight excluding hydrogens is 421 g/mol. The minimum Gasteiger partial charge on any atom is -0.497 e. The smallest absolute Gasteiger partial charge is 0.416 e. The van der Waals surface area contributed by atoms with E-state index in [-0.39, 0.29) is 0 Å². The maximum Gasteiger partial charge on any atom is 0.416 e. The van der Waals surface area contributed by atoms with Gasteiger partial charge in [-0.15, -0.1) is 0 Å². The SMILES string of the molecule is COc1ccc(-c2nc(-c3ccc(-c4nc5ccc(C(F)(F)F)cc5[nH]4)cc3)no2)cc1. The molecule has 0 atom stereocenters. The summed E-state index contributed by atoms with van der Waals surface area (Å²) in [5, 5.41) is 4.03. The van der Waals surface area contributed by atoms with E-state index in [0.717, 1.165) is 34.6 Å². The lowest BCUT2D eigenvalue weighted by Gasteiger charge is -2.05. The number of H-pyrrole nitrogens is 1. The summed E-state index contributed by atoms with van der Waals surface area (Å²) in [6, 6.07) is 17.9. The average molecular weight is 436 g/mol. The van der Waals surface area contributed by atoms with Crippen LogP contribution in [0.1, 0.15) is 5.56 Å². The first-order chi connectivity index (χ1) is 15.4. The van der Waals surface area contributed by atoms with Crippen molar-refractivity contribution in [1.82, 2.24) is 20.1 Å². The van der Waals surface area contributed by atoms with Crippen LogP contribution in [0.15, 0.2) is 71.3 Å². The fraction of sp³-hybridized carbons (Fsp3) is 0.0870. The van der Waals surface area contributed by atoms with Crippen LogP contribution in [0.2, 0.25) is 0 Å². The molecule has 0 spiro atoms. The molecular formula is C23H15F3N4O2. The Balaban J connectivity index is 1.40. The molecule has 0 radical (unpaired) electrons. The first-order valence-corrected chi connectivity index (χ1v) is 9.56. The maximum absolute atomic E-state index is 12.9. The van der Waals surface area contributed by atoms with E-state index in [1.165, 1.54) is 6.07 Å². The van der Waals surface area contributed by atoms with Gasteiger partial charge in [-0.25, -0.2) is 4.98 Å². The van der Waals surface area contributed by atoms with Gasteiger partial charge in [-0.1, -0.05) is 29.4 Å². The second kappa shape index (κ2) is 7.52. The van der Waals surface area contributed by atoms with E-state index < -0.39 is 11.7 Å². The summed E-state index contributed by atoms with van der Waals surface area (Å²) in [6.07, 6.45) is -4.41. The predicted molar refractivity (Wildman–Crippen MR) is 112 cm³/mol. The second-order valence-electron chi connectivity index (χ2n) is 7.04. The molecule has 9 heteroatoms. The fourth-order valence-corrected chi connectivity index (χ4v) is 3.29. The second-order valence-corrected chi connectivity index (χ2v) is 7.04. The Hall–Kier alpha value is -4.14. The maximum atomic E-state index is 12.9. The summed E-state index contributed by atoms with van der Waals surface area (Å²) < 4.78 is 49.3. The van der Waals surface area contributed by atoms with E-state index in [2.05, 4.69) is 20.1 Å². The Morgan fingerprint density at radius 1 is 0.844 bits per heavy atom. The van der Waals surface area contributed by atoms with E-state index in [0.29, 0.717) is 28.6 Å². The Morgan fingerprint density at radius 2 is 1.53 bits per heavy atom. The monoisotopic (exact) mass is 436 g/mol. The van der Waals surface area contributed by atoms with Crippen LogP contribution >= 0.6 is 0 Å². The van der Waals surface area contributed by atoms with Gasteiger partial charge >= 0.3 is 6.18 Å². The summed E-state index contributed by atoms with van der Waals surface area (Å²) in [4.78, 5) is 11.8. The Morgan fingerprint density at radius 3 is 2.22 bits per heavy atom. The van der Waals surface area contributed by atoms with Gasteiger partial charge < -0.3 is 14.2 Å². The van der Waals surface area contributed by atoms with Crippen LogP contribution in [-0.4, -0.2) is 27.2 Å². The molecule has 2 aromatic heterocycles.